The number of ether oxygens (including phenoxy) is 1. The van der Waals surface area contributed by atoms with Crippen molar-refractivity contribution < 1.29 is 14.3 Å². The minimum atomic E-state index is -0.341. The third-order valence-electron chi connectivity index (χ3n) is 9.58. The Labute approximate surface area is 215 Å². The zero-order chi connectivity index (χ0) is 25.2. The summed E-state index contributed by atoms with van der Waals surface area (Å²) >= 11 is 0. The second-order valence-electron chi connectivity index (χ2n) is 12.0. The summed E-state index contributed by atoms with van der Waals surface area (Å²) in [4.78, 5) is 30.3. The Hall–Kier alpha value is -1.30. The lowest BCUT2D eigenvalue weighted by atomic mass is 9.80. The molecule has 5 aliphatic rings. The van der Waals surface area contributed by atoms with Gasteiger partial charge >= 0.3 is 0 Å². The van der Waals surface area contributed by atoms with Gasteiger partial charge in [0.1, 0.15) is 6.29 Å². The lowest BCUT2D eigenvalue weighted by Crippen LogP contribution is -2.72. The summed E-state index contributed by atoms with van der Waals surface area (Å²) in [5, 5.41) is 10.8. The van der Waals surface area contributed by atoms with E-state index in [2.05, 4.69) is 25.8 Å². The van der Waals surface area contributed by atoms with E-state index in [-0.39, 0.29) is 42.3 Å². The van der Waals surface area contributed by atoms with E-state index in [4.69, 9.17) is 16.2 Å². The van der Waals surface area contributed by atoms with Gasteiger partial charge in [-0.1, -0.05) is 6.42 Å². The second kappa shape index (κ2) is 11.6. The molecule has 10 heteroatoms. The number of methoxy groups -OCH3 is 1. The number of nitrogens with zero attached hydrogens (tertiary/aromatic N) is 2. The van der Waals surface area contributed by atoms with Crippen molar-refractivity contribution in [3.8, 4) is 0 Å². The van der Waals surface area contributed by atoms with Crippen LogP contribution in [0.25, 0.3) is 0 Å². The molecule has 8 unspecified atom stereocenters. The van der Waals surface area contributed by atoms with Crippen molar-refractivity contribution in [2.45, 2.75) is 88.4 Å². The van der Waals surface area contributed by atoms with E-state index in [1.54, 1.807) is 0 Å². The quantitative estimate of drug-likeness (QED) is 0.333. The van der Waals surface area contributed by atoms with Crippen LogP contribution in [0.5, 0.6) is 0 Å². The number of nitrogens with one attached hydrogen (secondary N) is 3. The van der Waals surface area contributed by atoms with Crippen LogP contribution >= 0.6 is 0 Å². The molecule has 0 aromatic rings. The number of carbonyl (C=O) groups excluding carboxylic acids is 2. The number of hydrogen-bond acceptors (Lipinski definition) is 8. The summed E-state index contributed by atoms with van der Waals surface area (Å²) in [6.07, 6.45) is 9.41. The summed E-state index contributed by atoms with van der Waals surface area (Å²) in [7, 11) is 1.81. The van der Waals surface area contributed by atoms with Crippen LogP contribution in [0.2, 0.25) is 0 Å². The minimum Gasteiger partial charge on any atom is -0.381 e. The van der Waals surface area contributed by atoms with E-state index in [1.165, 1.54) is 6.42 Å². The Bertz CT molecular complexity index is 785. The Kier molecular flexibility index (Phi) is 8.49. The highest BCUT2D eigenvalue weighted by molar-refractivity contribution is 5.79. The Balaban J connectivity index is 1.17. The normalized spacial score (nSPS) is 42.2. The van der Waals surface area contributed by atoms with Crippen molar-refractivity contribution in [1.29, 1.82) is 0 Å². The molecular formula is C26H47N7O3. The van der Waals surface area contributed by atoms with Gasteiger partial charge in [0.05, 0.1) is 18.2 Å². The fourth-order valence-electron chi connectivity index (χ4n) is 7.50. The predicted molar refractivity (Wildman–Crippen MR) is 137 cm³/mol. The number of carbonyl (C=O) groups is 2. The molecule has 0 aromatic carbocycles. The number of nitrogens with two attached hydrogens (primary N) is 2. The molecule has 0 radical (unpaired) electrons. The van der Waals surface area contributed by atoms with E-state index >= 15 is 0 Å². The van der Waals surface area contributed by atoms with Crippen LogP contribution in [0.3, 0.4) is 0 Å². The number of rotatable bonds is 6. The molecule has 0 aromatic heterocycles. The lowest BCUT2D eigenvalue weighted by Gasteiger charge is -2.46. The molecule has 2 amide bonds. The first-order chi connectivity index (χ1) is 17.4. The molecular weight excluding hydrogens is 458 g/mol. The summed E-state index contributed by atoms with van der Waals surface area (Å²) in [6, 6.07) is 0.375. The highest BCUT2D eigenvalue weighted by Gasteiger charge is 2.43. The Morgan fingerprint density at radius 2 is 1.83 bits per heavy atom. The molecule has 204 valence electrons. The van der Waals surface area contributed by atoms with Gasteiger partial charge < -0.3 is 21.1 Å². The molecule has 36 heavy (non-hydrogen) atoms. The molecule has 2 aliphatic carbocycles. The maximum atomic E-state index is 13.5. The molecule has 3 aliphatic heterocycles. The van der Waals surface area contributed by atoms with E-state index in [0.29, 0.717) is 30.4 Å². The van der Waals surface area contributed by atoms with E-state index < -0.39 is 0 Å². The fraction of sp³-hybridized carbons (Fsp3) is 0.923. The Morgan fingerprint density at radius 1 is 1.00 bits per heavy atom. The van der Waals surface area contributed by atoms with Gasteiger partial charge in [0.2, 0.25) is 11.8 Å². The monoisotopic (exact) mass is 505 g/mol. The van der Waals surface area contributed by atoms with Crippen molar-refractivity contribution in [1.82, 2.24) is 25.8 Å². The number of piperidine rings is 1. The number of hydrogen-bond donors (Lipinski definition) is 5. The van der Waals surface area contributed by atoms with Crippen molar-refractivity contribution in [3.63, 3.8) is 0 Å². The maximum Gasteiger partial charge on any atom is 0.225 e. The van der Waals surface area contributed by atoms with Crippen molar-refractivity contribution in [2.24, 2.45) is 35.1 Å². The van der Waals surface area contributed by atoms with E-state index in [9.17, 15) is 9.59 Å². The first kappa shape index (κ1) is 26.3. The summed E-state index contributed by atoms with van der Waals surface area (Å²) in [5.41, 5.74) is 12.0. The van der Waals surface area contributed by atoms with Crippen LogP contribution in [0, 0.1) is 23.7 Å². The van der Waals surface area contributed by atoms with Crippen molar-refractivity contribution in [2.75, 3.05) is 39.8 Å². The van der Waals surface area contributed by atoms with Crippen molar-refractivity contribution in [3.05, 3.63) is 0 Å². The average molecular weight is 506 g/mol. The maximum absolute atomic E-state index is 13.5. The standard InChI is InChI=1S/C26H47N7O3/c1-36-21-8-7-17-13-33(14-18(17)11-21)25(35)16-4-2-6-20(10-16)30-24-22(23(28)34)12-29-26(31-24)32-9-3-5-19(27)15-32/h16-22,24,26,29-31H,2-15,27H2,1H3,(H2,28,34)/t16?,17?,18?,19-,20?,21?,22?,24?,26?/m0/s1. The smallest absolute Gasteiger partial charge is 0.225 e. The Morgan fingerprint density at radius 3 is 2.61 bits per heavy atom. The van der Waals surface area contributed by atoms with Crippen LogP contribution < -0.4 is 27.4 Å². The van der Waals surface area contributed by atoms with Gasteiger partial charge in [-0.25, -0.2) is 0 Å². The summed E-state index contributed by atoms with van der Waals surface area (Å²) in [6.45, 7) is 4.15. The molecule has 0 bridgehead atoms. The van der Waals surface area contributed by atoms with Crippen LogP contribution in [0.15, 0.2) is 0 Å². The van der Waals surface area contributed by atoms with Gasteiger partial charge in [-0.3, -0.25) is 30.4 Å². The first-order valence-electron chi connectivity index (χ1n) is 14.3. The molecule has 7 N–H and O–H groups in total. The van der Waals surface area contributed by atoms with Gasteiger partial charge in [-0.2, -0.15) is 0 Å². The largest absolute Gasteiger partial charge is 0.381 e. The van der Waals surface area contributed by atoms with Gasteiger partial charge in [0.15, 0.2) is 0 Å². The molecule has 9 atom stereocenters. The van der Waals surface area contributed by atoms with Gasteiger partial charge in [-0.15, -0.1) is 0 Å². The van der Waals surface area contributed by atoms with Gasteiger partial charge in [-0.05, 0) is 63.2 Å². The van der Waals surface area contributed by atoms with Crippen molar-refractivity contribution >= 4 is 11.8 Å². The number of fused-ring (bicyclic) bond motifs is 1. The summed E-state index contributed by atoms with van der Waals surface area (Å²) < 4.78 is 5.61. The van der Waals surface area contributed by atoms with Crippen LogP contribution in [-0.2, 0) is 14.3 Å². The SMILES string of the molecule is COC1CCC2CN(C(=O)C3CCCC(NC4NC(N5CCC[C@H](N)C5)NCC4C(N)=O)C3)CC2C1. The number of amides is 2. The van der Waals surface area contributed by atoms with Crippen LogP contribution in [-0.4, -0.2) is 92.1 Å². The highest BCUT2D eigenvalue weighted by Crippen LogP contribution is 2.38. The summed E-state index contributed by atoms with van der Waals surface area (Å²) in [5.74, 6) is 0.951. The third-order valence-corrected chi connectivity index (χ3v) is 9.58. The van der Waals surface area contributed by atoms with Crippen LogP contribution in [0.4, 0.5) is 0 Å². The average Bonchev–Trinajstić information content (AvgIpc) is 3.31. The zero-order valence-corrected chi connectivity index (χ0v) is 21.9. The van der Waals surface area contributed by atoms with Gasteiger partial charge in [0.25, 0.3) is 0 Å². The highest BCUT2D eigenvalue weighted by atomic mass is 16.5. The second-order valence-corrected chi connectivity index (χ2v) is 12.0. The van der Waals surface area contributed by atoms with E-state index in [1.807, 2.05) is 7.11 Å². The molecule has 0 spiro atoms. The van der Waals surface area contributed by atoms with Crippen LogP contribution in [0.1, 0.15) is 57.8 Å². The number of primary amides is 1. The fourth-order valence-corrected chi connectivity index (χ4v) is 7.50. The predicted octanol–water partition coefficient (Wildman–Crippen LogP) is -0.265. The number of likely N-dealkylation sites (tertiary alicyclic amines) is 2. The lowest BCUT2D eigenvalue weighted by molar-refractivity contribution is -0.136. The molecule has 2 saturated carbocycles. The molecule has 5 rings (SSSR count). The third kappa shape index (κ3) is 5.89. The molecule has 5 fully saturated rings. The molecule has 10 nitrogen and oxygen atoms in total. The first-order valence-corrected chi connectivity index (χ1v) is 14.3. The van der Waals surface area contributed by atoms with Gasteiger partial charge in [0, 0.05) is 57.8 Å². The topological polar surface area (TPSA) is 138 Å². The molecule has 3 heterocycles. The zero-order valence-electron chi connectivity index (χ0n) is 21.9. The minimum absolute atomic E-state index is 0.0330. The molecule has 3 saturated heterocycles. The van der Waals surface area contributed by atoms with E-state index in [0.717, 1.165) is 77.5 Å².